The Hall–Kier alpha value is -3.42. The average Bonchev–Trinajstić information content (AvgIpc) is 3.00. The van der Waals surface area contributed by atoms with Crippen molar-refractivity contribution in [3.8, 4) is 28.7 Å². The van der Waals surface area contributed by atoms with Crippen LogP contribution in [0.1, 0.15) is 17.2 Å². The van der Waals surface area contributed by atoms with Crippen molar-refractivity contribution in [2.45, 2.75) is 67.5 Å². The Labute approximate surface area is 249 Å². The molecule has 242 valence electrons. The SMILES string of the molecule is COc1cc(C2[OH+]c3cc(O)cc(O)c3C=C2O[C@@H]2O[C@H](CO[C@@H]3O[C@H](CO)[C@@H](O)[C@H](O)[C@H]3O)[C@@H](O)[C@H](O)[C@H]2O)ccc1O. The molecule has 0 aliphatic carbocycles. The third-order valence-electron chi connectivity index (χ3n) is 7.66. The molecule has 16 nitrogen and oxygen atoms in total. The lowest BCUT2D eigenvalue weighted by atomic mass is 9.98. The highest BCUT2D eigenvalue weighted by molar-refractivity contribution is 5.69. The molecule has 1 unspecified atom stereocenters. The zero-order valence-corrected chi connectivity index (χ0v) is 23.2. The molecule has 2 aromatic carbocycles. The van der Waals surface area contributed by atoms with Crippen LogP contribution in [-0.4, -0.2) is 138 Å². The van der Waals surface area contributed by atoms with Crippen molar-refractivity contribution >= 4 is 6.08 Å². The number of phenols is 3. The molecular weight excluding hydrogens is 592 g/mol. The molecule has 2 saturated heterocycles. The minimum Gasteiger partial charge on any atom is -0.571 e. The molecule has 11 atom stereocenters. The predicted octanol–water partition coefficient (Wildman–Crippen LogP) is -2.21. The van der Waals surface area contributed by atoms with E-state index in [1.165, 1.54) is 37.5 Å². The number of ether oxygens (including phenoxy) is 6. The quantitative estimate of drug-likeness (QED) is 0.139. The van der Waals surface area contributed by atoms with Crippen molar-refractivity contribution in [1.29, 1.82) is 0 Å². The van der Waals surface area contributed by atoms with Crippen molar-refractivity contribution in [3.05, 3.63) is 47.2 Å². The van der Waals surface area contributed by atoms with Gasteiger partial charge >= 0.3 is 0 Å². The van der Waals surface area contributed by atoms with Gasteiger partial charge in [-0.05, 0) is 18.2 Å². The number of rotatable bonds is 8. The molecule has 2 aromatic rings. The molecule has 5 rings (SSSR count). The van der Waals surface area contributed by atoms with Crippen LogP contribution in [0.5, 0.6) is 28.7 Å². The van der Waals surface area contributed by atoms with E-state index in [4.69, 9.17) is 23.7 Å². The Morgan fingerprint density at radius 2 is 1.43 bits per heavy atom. The Morgan fingerprint density at radius 3 is 2.11 bits per heavy atom. The zero-order chi connectivity index (χ0) is 31.9. The van der Waals surface area contributed by atoms with Gasteiger partial charge in [0.05, 0.1) is 32.0 Å². The lowest BCUT2D eigenvalue weighted by Gasteiger charge is -2.43. The maximum Gasteiger partial charge on any atom is 0.270 e. The van der Waals surface area contributed by atoms with Gasteiger partial charge in [0.15, 0.2) is 23.5 Å². The first-order valence-electron chi connectivity index (χ1n) is 13.6. The van der Waals surface area contributed by atoms with Crippen molar-refractivity contribution in [2.75, 3.05) is 20.3 Å². The number of methoxy groups -OCH3 is 1. The van der Waals surface area contributed by atoms with Crippen LogP contribution in [0.2, 0.25) is 0 Å². The Balaban J connectivity index is 1.40. The fourth-order valence-corrected chi connectivity index (χ4v) is 5.17. The summed E-state index contributed by atoms with van der Waals surface area (Å²) in [6.45, 7) is -1.26. The van der Waals surface area contributed by atoms with Crippen molar-refractivity contribution in [3.63, 3.8) is 0 Å². The first kappa shape index (κ1) is 32.0. The summed E-state index contributed by atoms with van der Waals surface area (Å²) in [5.41, 5.74) is 0.584. The van der Waals surface area contributed by atoms with Crippen molar-refractivity contribution in [1.82, 2.24) is 0 Å². The smallest absolute Gasteiger partial charge is 0.270 e. The van der Waals surface area contributed by atoms with Gasteiger partial charge in [0.25, 0.3) is 11.9 Å². The van der Waals surface area contributed by atoms with E-state index in [0.29, 0.717) is 5.56 Å². The van der Waals surface area contributed by atoms with E-state index in [1.54, 1.807) is 0 Å². The van der Waals surface area contributed by atoms with Gasteiger partial charge in [-0.1, -0.05) is 0 Å². The van der Waals surface area contributed by atoms with Crippen molar-refractivity contribution in [2.24, 2.45) is 0 Å². The number of phenolic OH excluding ortho intramolecular Hbond substituents is 3. The summed E-state index contributed by atoms with van der Waals surface area (Å²) in [6.07, 6.45) is -15.9. The number of benzene rings is 2. The van der Waals surface area contributed by atoms with Gasteiger partial charge in [0.2, 0.25) is 6.29 Å². The molecule has 0 spiro atoms. The van der Waals surface area contributed by atoms with Crippen LogP contribution in [0.15, 0.2) is 36.1 Å². The van der Waals surface area contributed by atoms with Crippen LogP contribution in [-0.2, 0) is 18.9 Å². The van der Waals surface area contributed by atoms with Crippen molar-refractivity contribution < 1.29 is 79.5 Å². The summed E-state index contributed by atoms with van der Waals surface area (Å²) in [4.78, 5) is 0. The molecule has 44 heavy (non-hydrogen) atoms. The molecule has 0 bridgehead atoms. The first-order chi connectivity index (χ1) is 20.9. The second-order valence-corrected chi connectivity index (χ2v) is 10.6. The normalized spacial score (nSPS) is 35.3. The standard InChI is InChI=1S/C28H34O16/c1-39-16-4-10(2-3-13(16)31)26-17(7-12-14(32)5-11(30)6-15(12)41-26)42-28-25(38)23(36)21(34)19(44-28)9-40-27-24(37)22(35)20(33)18(8-29)43-27/h2-7,18-38H,8-9H2,1H3/p+1/t18-,19-,20-,21-,22+,23+,24-,25-,26?,27-,28-/m1/s1. The molecule has 3 aliphatic heterocycles. The largest absolute Gasteiger partial charge is 0.571 e. The Bertz CT molecular complexity index is 1350. The number of hydrogen-bond donors (Lipinski definition) is 10. The molecule has 3 aliphatic rings. The van der Waals surface area contributed by atoms with Crippen LogP contribution in [0.3, 0.4) is 0 Å². The lowest BCUT2D eigenvalue weighted by Crippen LogP contribution is -2.61. The van der Waals surface area contributed by atoms with Gasteiger partial charge in [-0.15, -0.1) is 0 Å². The third-order valence-corrected chi connectivity index (χ3v) is 7.66. The molecule has 0 aromatic heterocycles. The number of hydrogen-bond acceptors (Lipinski definition) is 15. The lowest BCUT2D eigenvalue weighted by molar-refractivity contribution is -0.328. The number of aliphatic hydroxyl groups excluding tert-OH is 7. The molecule has 0 amide bonds. The zero-order valence-electron chi connectivity index (χ0n) is 23.2. The van der Waals surface area contributed by atoms with E-state index in [-0.39, 0.29) is 40.1 Å². The summed E-state index contributed by atoms with van der Waals surface area (Å²) >= 11 is 0. The van der Waals surface area contributed by atoms with E-state index in [9.17, 15) is 51.1 Å². The number of fused-ring (bicyclic) bond motifs is 1. The average molecular weight is 628 g/mol. The first-order valence-corrected chi connectivity index (χ1v) is 13.6. The molecule has 11 N–H and O–H groups in total. The predicted molar refractivity (Wildman–Crippen MR) is 144 cm³/mol. The monoisotopic (exact) mass is 627 g/mol. The highest BCUT2D eigenvalue weighted by Gasteiger charge is 2.49. The maximum atomic E-state index is 10.8. The summed E-state index contributed by atoms with van der Waals surface area (Å²) in [6, 6.07) is 6.75. The third kappa shape index (κ3) is 6.09. The van der Waals surface area contributed by atoms with Crippen LogP contribution in [0, 0.1) is 0 Å². The highest BCUT2D eigenvalue weighted by Crippen LogP contribution is 2.46. The number of aromatic hydroxyl groups is 4. The molecule has 3 heterocycles. The van der Waals surface area contributed by atoms with Gasteiger partial charge in [-0.2, -0.15) is 0 Å². The second-order valence-electron chi connectivity index (χ2n) is 10.6. The number of aliphatic hydroxyl groups is 8. The van der Waals surface area contributed by atoms with E-state index >= 15 is 0 Å². The Morgan fingerprint density at radius 1 is 0.773 bits per heavy atom. The van der Waals surface area contributed by atoms with E-state index in [2.05, 4.69) is 4.74 Å². The topological polar surface area (TPSA) is 261 Å². The van der Waals surface area contributed by atoms with Gasteiger partial charge < -0.3 is 79.5 Å². The maximum absolute atomic E-state index is 10.8. The highest BCUT2D eigenvalue weighted by atomic mass is 16.7. The van der Waals surface area contributed by atoms with Crippen LogP contribution >= 0.6 is 0 Å². The van der Waals surface area contributed by atoms with Crippen LogP contribution < -0.4 is 4.74 Å². The fourth-order valence-electron chi connectivity index (χ4n) is 5.17. The summed E-state index contributed by atoms with van der Waals surface area (Å²) < 4.78 is 32.3. The molecule has 0 saturated carbocycles. The minimum absolute atomic E-state index is 0.00697. The van der Waals surface area contributed by atoms with Gasteiger partial charge in [0, 0.05) is 12.1 Å². The summed E-state index contributed by atoms with van der Waals surface area (Å²) in [5, 5.41) is 102. The van der Waals surface area contributed by atoms with Crippen LogP contribution in [0.4, 0.5) is 0 Å². The molecule has 16 heteroatoms. The van der Waals surface area contributed by atoms with E-state index in [1.807, 2.05) is 0 Å². The molecule has 0 radical (unpaired) electrons. The minimum atomic E-state index is -1.82. The molecule has 2 fully saturated rings. The molecular formula is C28H35O16+. The summed E-state index contributed by atoms with van der Waals surface area (Å²) in [5.74, 6) is -0.446. The second kappa shape index (κ2) is 12.9. The Kier molecular flexibility index (Phi) is 9.38. The fraction of sp³-hybridized carbons (Fsp3) is 0.500. The summed E-state index contributed by atoms with van der Waals surface area (Å²) in [7, 11) is 1.35. The van der Waals surface area contributed by atoms with Gasteiger partial charge in [-0.3, -0.25) is 0 Å². The van der Waals surface area contributed by atoms with E-state index in [0.717, 1.165) is 6.07 Å². The van der Waals surface area contributed by atoms with E-state index < -0.39 is 80.7 Å². The van der Waals surface area contributed by atoms with Gasteiger partial charge in [-0.25, -0.2) is 0 Å². The van der Waals surface area contributed by atoms with Crippen LogP contribution in [0.25, 0.3) is 6.08 Å². The van der Waals surface area contributed by atoms with Gasteiger partial charge in [0.1, 0.15) is 65.9 Å².